The molecule has 146 valence electrons. The molecule has 1 aliphatic rings. The Bertz CT molecular complexity index is 708. The molecule has 4 nitrogen and oxygen atoms in total. The first kappa shape index (κ1) is 20.2. The molecule has 0 radical (unpaired) electrons. The lowest BCUT2D eigenvalue weighted by molar-refractivity contribution is 0.0288. The van der Waals surface area contributed by atoms with Crippen molar-refractivity contribution in [2.24, 2.45) is 0 Å². The molecule has 0 spiro atoms. The number of halogens is 1. The van der Waals surface area contributed by atoms with Gasteiger partial charge < -0.3 is 19.6 Å². The second-order valence-electron chi connectivity index (χ2n) is 7.38. The normalized spacial score (nSPS) is 18.2. The second-order valence-corrected chi connectivity index (χ2v) is 7.82. The summed E-state index contributed by atoms with van der Waals surface area (Å²) in [6.45, 7) is 10.5. The van der Waals surface area contributed by atoms with E-state index in [1.54, 1.807) is 12.1 Å². The van der Waals surface area contributed by atoms with Crippen LogP contribution in [0.5, 0.6) is 11.5 Å². The number of rotatable bonds is 7. The van der Waals surface area contributed by atoms with E-state index < -0.39 is 5.60 Å². The van der Waals surface area contributed by atoms with Gasteiger partial charge in [-0.2, -0.15) is 0 Å². The Morgan fingerprint density at radius 1 is 0.926 bits per heavy atom. The molecule has 1 saturated heterocycles. The van der Waals surface area contributed by atoms with Crippen LogP contribution in [0, 0.1) is 0 Å². The first-order chi connectivity index (χ1) is 13.0. The Labute approximate surface area is 167 Å². The van der Waals surface area contributed by atoms with Crippen LogP contribution >= 0.6 is 11.6 Å². The number of nitrogens with zero attached hydrogens (tertiary/aromatic N) is 2. The number of likely N-dealkylation sites (N-methyl/N-ethyl adjacent to an activating group) is 1. The Kier molecular flexibility index (Phi) is 6.77. The number of hydrogen-bond donors (Lipinski definition) is 1. The molecule has 1 atom stereocenters. The predicted octanol–water partition coefficient (Wildman–Crippen LogP) is 4.37. The van der Waals surface area contributed by atoms with Gasteiger partial charge in [-0.15, -0.1) is 0 Å². The summed E-state index contributed by atoms with van der Waals surface area (Å²) in [4.78, 5) is 4.91. The molecular weight excluding hydrogens is 360 g/mol. The minimum absolute atomic E-state index is 0.685. The van der Waals surface area contributed by atoms with Crippen LogP contribution in [0.2, 0.25) is 5.02 Å². The standard InChI is InChI=1S/C22H29ClN2O2/c1-3-24-14-16-25(17-15-24)13-12-22(2,26)18-4-8-20(9-5-18)27-21-10-6-19(23)7-11-21/h4-11,26H,3,12-17H2,1-2H3. The number of aliphatic hydroxyl groups is 1. The highest BCUT2D eigenvalue weighted by Crippen LogP contribution is 2.29. The topological polar surface area (TPSA) is 35.9 Å². The van der Waals surface area contributed by atoms with E-state index in [1.165, 1.54) is 0 Å². The molecule has 27 heavy (non-hydrogen) atoms. The van der Waals surface area contributed by atoms with Crippen molar-refractivity contribution in [3.63, 3.8) is 0 Å². The number of hydrogen-bond acceptors (Lipinski definition) is 4. The van der Waals surface area contributed by atoms with Crippen LogP contribution in [0.15, 0.2) is 48.5 Å². The summed E-state index contributed by atoms with van der Waals surface area (Å²) in [6.07, 6.45) is 0.719. The molecule has 2 aromatic carbocycles. The van der Waals surface area contributed by atoms with Crippen molar-refractivity contribution in [1.82, 2.24) is 9.80 Å². The van der Waals surface area contributed by atoms with E-state index in [-0.39, 0.29) is 0 Å². The monoisotopic (exact) mass is 388 g/mol. The predicted molar refractivity (Wildman–Crippen MR) is 111 cm³/mol. The molecule has 1 fully saturated rings. The molecule has 3 rings (SSSR count). The van der Waals surface area contributed by atoms with E-state index in [4.69, 9.17) is 16.3 Å². The van der Waals surface area contributed by atoms with E-state index >= 15 is 0 Å². The summed E-state index contributed by atoms with van der Waals surface area (Å²) < 4.78 is 5.82. The third-order valence-corrected chi connectivity index (χ3v) is 5.60. The van der Waals surface area contributed by atoms with E-state index in [0.717, 1.165) is 62.8 Å². The van der Waals surface area contributed by atoms with Crippen LogP contribution < -0.4 is 4.74 Å². The van der Waals surface area contributed by atoms with Gasteiger partial charge in [0, 0.05) is 37.7 Å². The van der Waals surface area contributed by atoms with Crippen LogP contribution in [0.1, 0.15) is 25.8 Å². The fraction of sp³-hybridized carbons (Fsp3) is 0.455. The highest BCUT2D eigenvalue weighted by atomic mass is 35.5. The van der Waals surface area contributed by atoms with Gasteiger partial charge in [0.1, 0.15) is 11.5 Å². The largest absolute Gasteiger partial charge is 0.457 e. The third kappa shape index (κ3) is 5.69. The molecule has 2 aromatic rings. The summed E-state index contributed by atoms with van der Waals surface area (Å²) in [5.41, 5.74) is 0.0684. The van der Waals surface area contributed by atoms with Gasteiger partial charge in [-0.3, -0.25) is 0 Å². The van der Waals surface area contributed by atoms with Gasteiger partial charge in [0.05, 0.1) is 5.60 Å². The van der Waals surface area contributed by atoms with Crippen LogP contribution in [0.25, 0.3) is 0 Å². The van der Waals surface area contributed by atoms with Crippen molar-refractivity contribution in [2.45, 2.75) is 25.9 Å². The average Bonchev–Trinajstić information content (AvgIpc) is 2.69. The Hall–Kier alpha value is -1.59. The Balaban J connectivity index is 1.54. The van der Waals surface area contributed by atoms with E-state index in [2.05, 4.69) is 16.7 Å². The van der Waals surface area contributed by atoms with Gasteiger partial charge in [0.25, 0.3) is 0 Å². The summed E-state index contributed by atoms with van der Waals surface area (Å²) in [5, 5.41) is 11.6. The molecule has 0 aliphatic carbocycles. The summed E-state index contributed by atoms with van der Waals surface area (Å²) in [7, 11) is 0. The molecule has 0 aromatic heterocycles. The van der Waals surface area contributed by atoms with Crippen molar-refractivity contribution < 1.29 is 9.84 Å². The summed E-state index contributed by atoms with van der Waals surface area (Å²) >= 11 is 5.90. The quantitative estimate of drug-likeness (QED) is 0.764. The van der Waals surface area contributed by atoms with Crippen molar-refractivity contribution >= 4 is 11.6 Å². The van der Waals surface area contributed by atoms with Gasteiger partial charge in [0.2, 0.25) is 0 Å². The average molecular weight is 389 g/mol. The van der Waals surface area contributed by atoms with Crippen LogP contribution in [0.4, 0.5) is 0 Å². The molecule has 5 heteroatoms. The maximum absolute atomic E-state index is 10.9. The zero-order chi connectivity index (χ0) is 19.3. The van der Waals surface area contributed by atoms with Gasteiger partial charge in [-0.1, -0.05) is 30.7 Å². The molecular formula is C22H29ClN2O2. The van der Waals surface area contributed by atoms with Crippen LogP contribution in [-0.4, -0.2) is 54.2 Å². The van der Waals surface area contributed by atoms with Gasteiger partial charge in [-0.05, 0) is 61.9 Å². The van der Waals surface area contributed by atoms with Gasteiger partial charge in [-0.25, -0.2) is 0 Å². The number of benzene rings is 2. The van der Waals surface area contributed by atoms with Crippen molar-refractivity contribution in [3.8, 4) is 11.5 Å². The first-order valence-corrected chi connectivity index (χ1v) is 10.0. The molecule has 1 heterocycles. The highest BCUT2D eigenvalue weighted by molar-refractivity contribution is 6.30. The SMILES string of the molecule is CCN1CCN(CCC(C)(O)c2ccc(Oc3ccc(Cl)cc3)cc2)CC1. The fourth-order valence-electron chi connectivity index (χ4n) is 3.37. The first-order valence-electron chi connectivity index (χ1n) is 9.67. The van der Waals surface area contributed by atoms with Gasteiger partial charge in [0.15, 0.2) is 0 Å². The van der Waals surface area contributed by atoms with Crippen molar-refractivity contribution in [3.05, 3.63) is 59.1 Å². The highest BCUT2D eigenvalue weighted by Gasteiger charge is 2.25. The minimum atomic E-state index is -0.847. The number of ether oxygens (including phenoxy) is 1. The maximum atomic E-state index is 10.9. The zero-order valence-electron chi connectivity index (χ0n) is 16.2. The smallest absolute Gasteiger partial charge is 0.127 e. The Morgan fingerprint density at radius 2 is 1.44 bits per heavy atom. The molecule has 0 amide bonds. The summed E-state index contributed by atoms with van der Waals surface area (Å²) in [6, 6.07) is 15.0. The lowest BCUT2D eigenvalue weighted by Gasteiger charge is -2.35. The lowest BCUT2D eigenvalue weighted by Crippen LogP contribution is -2.47. The van der Waals surface area contributed by atoms with Crippen LogP contribution in [0.3, 0.4) is 0 Å². The lowest BCUT2D eigenvalue weighted by atomic mass is 9.92. The van der Waals surface area contributed by atoms with Crippen molar-refractivity contribution in [2.75, 3.05) is 39.3 Å². The second kappa shape index (κ2) is 9.07. The maximum Gasteiger partial charge on any atom is 0.127 e. The minimum Gasteiger partial charge on any atom is -0.457 e. The van der Waals surface area contributed by atoms with Crippen molar-refractivity contribution in [1.29, 1.82) is 0 Å². The van der Waals surface area contributed by atoms with E-state index in [0.29, 0.717) is 5.02 Å². The molecule has 1 aliphatic heterocycles. The molecule has 0 saturated carbocycles. The van der Waals surface area contributed by atoms with Gasteiger partial charge >= 0.3 is 0 Å². The van der Waals surface area contributed by atoms with E-state index in [1.807, 2.05) is 43.3 Å². The Morgan fingerprint density at radius 3 is 2.00 bits per heavy atom. The fourth-order valence-corrected chi connectivity index (χ4v) is 3.50. The summed E-state index contributed by atoms with van der Waals surface area (Å²) in [5.74, 6) is 1.48. The zero-order valence-corrected chi connectivity index (χ0v) is 17.0. The number of piperazine rings is 1. The molecule has 1 N–H and O–H groups in total. The molecule has 1 unspecified atom stereocenters. The van der Waals surface area contributed by atoms with E-state index in [9.17, 15) is 5.11 Å². The molecule has 0 bridgehead atoms. The van der Waals surface area contributed by atoms with Crippen LogP contribution in [-0.2, 0) is 5.60 Å². The third-order valence-electron chi connectivity index (χ3n) is 5.35.